The first-order valence-corrected chi connectivity index (χ1v) is 7.63. The van der Waals surface area contributed by atoms with Gasteiger partial charge in [0.15, 0.2) is 0 Å². The number of morpholine rings is 1. The van der Waals surface area contributed by atoms with Crippen molar-refractivity contribution in [1.82, 2.24) is 5.32 Å². The van der Waals surface area contributed by atoms with Gasteiger partial charge in [-0.2, -0.15) is 0 Å². The van der Waals surface area contributed by atoms with Gasteiger partial charge < -0.3 is 25.0 Å². The second kappa shape index (κ2) is 8.00. The van der Waals surface area contributed by atoms with Crippen LogP contribution in [0.1, 0.15) is 13.8 Å². The Labute approximate surface area is 131 Å². The molecule has 0 aliphatic carbocycles. The van der Waals surface area contributed by atoms with Crippen LogP contribution in [-0.4, -0.2) is 51.6 Å². The Morgan fingerprint density at radius 2 is 2.00 bits per heavy atom. The lowest BCUT2D eigenvalue weighted by molar-refractivity contribution is -0.00517. The fraction of sp³-hybridized carbons (Fsp3) is 0.562. The SMILES string of the molecule is COCCNC(=O)Nc1ccccc1N1C[C@H](C)O[C@@H](C)C1. The van der Waals surface area contributed by atoms with Gasteiger partial charge in [-0.15, -0.1) is 0 Å². The van der Waals surface area contributed by atoms with Gasteiger partial charge in [-0.1, -0.05) is 12.1 Å². The molecule has 2 amide bonds. The lowest BCUT2D eigenvalue weighted by Crippen LogP contribution is -2.45. The third kappa shape index (κ3) is 4.61. The summed E-state index contributed by atoms with van der Waals surface area (Å²) < 4.78 is 10.7. The first kappa shape index (κ1) is 16.6. The van der Waals surface area contributed by atoms with Crippen molar-refractivity contribution < 1.29 is 14.3 Å². The van der Waals surface area contributed by atoms with Gasteiger partial charge in [0.2, 0.25) is 0 Å². The highest BCUT2D eigenvalue weighted by Gasteiger charge is 2.24. The van der Waals surface area contributed by atoms with Gasteiger partial charge in [-0.25, -0.2) is 4.79 Å². The molecule has 0 radical (unpaired) electrons. The molecule has 22 heavy (non-hydrogen) atoms. The van der Waals surface area contributed by atoms with E-state index in [1.807, 2.05) is 24.3 Å². The van der Waals surface area contributed by atoms with E-state index in [9.17, 15) is 4.79 Å². The fourth-order valence-corrected chi connectivity index (χ4v) is 2.66. The maximum absolute atomic E-state index is 11.9. The van der Waals surface area contributed by atoms with Crippen LogP contribution in [0.4, 0.5) is 16.2 Å². The number of nitrogens with zero attached hydrogens (tertiary/aromatic N) is 1. The molecule has 2 atom stereocenters. The van der Waals surface area contributed by atoms with E-state index >= 15 is 0 Å². The summed E-state index contributed by atoms with van der Waals surface area (Å²) in [6.07, 6.45) is 0.347. The molecule has 2 rings (SSSR count). The molecular formula is C16H25N3O3. The molecule has 122 valence electrons. The van der Waals surface area contributed by atoms with Crippen LogP contribution in [0.25, 0.3) is 0 Å². The number of benzene rings is 1. The molecule has 1 aromatic carbocycles. The third-order valence-corrected chi connectivity index (χ3v) is 3.50. The Balaban J connectivity index is 2.04. The largest absolute Gasteiger partial charge is 0.383 e. The van der Waals surface area contributed by atoms with Gasteiger partial charge in [-0.3, -0.25) is 0 Å². The molecule has 0 bridgehead atoms. The second-order valence-corrected chi connectivity index (χ2v) is 5.55. The predicted molar refractivity (Wildman–Crippen MR) is 87.6 cm³/mol. The number of nitrogens with one attached hydrogen (secondary N) is 2. The first-order valence-electron chi connectivity index (χ1n) is 7.63. The van der Waals surface area contributed by atoms with Gasteiger partial charge in [0, 0.05) is 26.7 Å². The van der Waals surface area contributed by atoms with E-state index in [1.165, 1.54) is 0 Å². The summed E-state index contributed by atoms with van der Waals surface area (Å²) in [4.78, 5) is 14.2. The summed E-state index contributed by atoms with van der Waals surface area (Å²) in [6, 6.07) is 7.61. The highest BCUT2D eigenvalue weighted by Crippen LogP contribution is 2.28. The smallest absolute Gasteiger partial charge is 0.319 e. The number of anilines is 2. The number of amides is 2. The van der Waals surface area contributed by atoms with Crippen molar-refractivity contribution in [3.05, 3.63) is 24.3 Å². The van der Waals surface area contributed by atoms with E-state index in [0.717, 1.165) is 24.5 Å². The molecule has 1 fully saturated rings. The van der Waals surface area contributed by atoms with Gasteiger partial charge in [0.1, 0.15) is 0 Å². The van der Waals surface area contributed by atoms with E-state index in [1.54, 1.807) is 7.11 Å². The number of ether oxygens (including phenoxy) is 2. The maximum Gasteiger partial charge on any atom is 0.319 e. The van der Waals surface area contributed by atoms with Crippen LogP contribution in [0.5, 0.6) is 0 Å². The average molecular weight is 307 g/mol. The number of hydrogen-bond acceptors (Lipinski definition) is 4. The minimum Gasteiger partial charge on any atom is -0.383 e. The van der Waals surface area contributed by atoms with Crippen molar-refractivity contribution in [2.24, 2.45) is 0 Å². The Bertz CT molecular complexity index is 485. The van der Waals surface area contributed by atoms with Gasteiger partial charge in [0.05, 0.1) is 30.2 Å². The van der Waals surface area contributed by atoms with Gasteiger partial charge >= 0.3 is 6.03 Å². The standard InChI is InChI=1S/C16H25N3O3/c1-12-10-19(11-13(2)22-12)15-7-5-4-6-14(15)18-16(20)17-8-9-21-3/h4-7,12-13H,8-11H2,1-3H3,(H2,17,18,20)/t12-,13-/m0/s1. The molecule has 1 aliphatic heterocycles. The number of carbonyl (C=O) groups excluding carboxylic acids is 1. The Hall–Kier alpha value is -1.79. The van der Waals surface area contributed by atoms with Crippen molar-refractivity contribution in [2.75, 3.05) is 43.6 Å². The Morgan fingerprint density at radius 3 is 2.68 bits per heavy atom. The molecule has 1 aromatic rings. The zero-order valence-electron chi connectivity index (χ0n) is 13.5. The summed E-state index contributed by atoms with van der Waals surface area (Å²) in [5, 5.41) is 5.67. The van der Waals surface area contributed by atoms with E-state index in [-0.39, 0.29) is 18.2 Å². The van der Waals surface area contributed by atoms with Crippen molar-refractivity contribution >= 4 is 17.4 Å². The highest BCUT2D eigenvalue weighted by atomic mass is 16.5. The van der Waals surface area contributed by atoms with E-state index < -0.39 is 0 Å². The van der Waals surface area contributed by atoms with Crippen LogP contribution < -0.4 is 15.5 Å². The molecule has 0 unspecified atom stereocenters. The van der Waals surface area contributed by atoms with Crippen molar-refractivity contribution in [1.29, 1.82) is 0 Å². The fourth-order valence-electron chi connectivity index (χ4n) is 2.66. The number of carbonyl (C=O) groups is 1. The molecule has 1 aliphatic rings. The number of hydrogen-bond donors (Lipinski definition) is 2. The van der Waals surface area contributed by atoms with Crippen LogP contribution in [0, 0.1) is 0 Å². The quantitative estimate of drug-likeness (QED) is 0.818. The zero-order valence-corrected chi connectivity index (χ0v) is 13.5. The summed E-state index contributed by atoms with van der Waals surface area (Å²) >= 11 is 0. The van der Waals surface area contributed by atoms with Crippen LogP contribution in [0.15, 0.2) is 24.3 Å². The monoisotopic (exact) mass is 307 g/mol. The molecule has 1 saturated heterocycles. The number of rotatable bonds is 5. The number of para-hydroxylation sites is 2. The average Bonchev–Trinajstić information content (AvgIpc) is 2.47. The minimum absolute atomic E-state index is 0.173. The lowest BCUT2D eigenvalue weighted by Gasteiger charge is -2.37. The molecule has 6 nitrogen and oxygen atoms in total. The summed E-state index contributed by atoms with van der Waals surface area (Å²) in [7, 11) is 1.61. The third-order valence-electron chi connectivity index (χ3n) is 3.50. The van der Waals surface area contributed by atoms with E-state index in [0.29, 0.717) is 13.2 Å². The predicted octanol–water partition coefficient (Wildman–Crippen LogP) is 2.07. The molecule has 2 N–H and O–H groups in total. The summed E-state index contributed by atoms with van der Waals surface area (Å²) in [5.41, 5.74) is 1.82. The molecule has 6 heteroatoms. The van der Waals surface area contributed by atoms with Crippen molar-refractivity contribution in [2.45, 2.75) is 26.1 Å². The highest BCUT2D eigenvalue weighted by molar-refractivity contribution is 5.93. The molecule has 0 aromatic heterocycles. The van der Waals surface area contributed by atoms with E-state index in [4.69, 9.17) is 9.47 Å². The van der Waals surface area contributed by atoms with Gasteiger partial charge in [-0.05, 0) is 26.0 Å². The Morgan fingerprint density at radius 1 is 1.32 bits per heavy atom. The van der Waals surface area contributed by atoms with Crippen molar-refractivity contribution in [3.8, 4) is 0 Å². The van der Waals surface area contributed by atoms with Crippen LogP contribution in [-0.2, 0) is 9.47 Å². The Kier molecular flexibility index (Phi) is 6.03. The molecule has 0 spiro atoms. The number of urea groups is 1. The van der Waals surface area contributed by atoms with Crippen LogP contribution >= 0.6 is 0 Å². The second-order valence-electron chi connectivity index (χ2n) is 5.55. The molecule has 0 saturated carbocycles. The zero-order chi connectivity index (χ0) is 15.9. The summed E-state index contributed by atoms with van der Waals surface area (Å²) in [5.74, 6) is 0. The first-order chi connectivity index (χ1) is 10.6. The lowest BCUT2D eigenvalue weighted by atomic mass is 10.1. The van der Waals surface area contributed by atoms with Crippen LogP contribution in [0.3, 0.4) is 0 Å². The van der Waals surface area contributed by atoms with E-state index in [2.05, 4.69) is 29.4 Å². The van der Waals surface area contributed by atoms with Crippen LogP contribution in [0.2, 0.25) is 0 Å². The normalized spacial score (nSPS) is 21.5. The maximum atomic E-state index is 11.9. The number of methoxy groups -OCH3 is 1. The topological polar surface area (TPSA) is 62.8 Å². The molecular weight excluding hydrogens is 282 g/mol. The minimum atomic E-state index is -0.223. The van der Waals surface area contributed by atoms with Gasteiger partial charge in [0.25, 0.3) is 0 Å². The summed E-state index contributed by atoms with van der Waals surface area (Å²) in [6.45, 7) is 6.73. The van der Waals surface area contributed by atoms with Crippen molar-refractivity contribution in [3.63, 3.8) is 0 Å². The molecule has 1 heterocycles.